The van der Waals surface area contributed by atoms with E-state index in [9.17, 15) is 4.39 Å². The summed E-state index contributed by atoms with van der Waals surface area (Å²) in [5.41, 5.74) is 5.45. The van der Waals surface area contributed by atoms with Crippen LogP contribution in [0.4, 0.5) is 4.39 Å². The average molecular weight is 283 g/mol. The molecule has 0 unspecified atom stereocenters. The van der Waals surface area contributed by atoms with Crippen LogP contribution >= 0.6 is 0 Å². The highest BCUT2D eigenvalue weighted by molar-refractivity contribution is 5.61. The Labute approximate surface area is 123 Å². The van der Waals surface area contributed by atoms with Crippen molar-refractivity contribution in [3.8, 4) is 11.4 Å². The molecule has 0 radical (unpaired) electrons. The smallest absolute Gasteiger partial charge is 0.160 e. The third kappa shape index (κ3) is 2.33. The van der Waals surface area contributed by atoms with Gasteiger partial charge in [0, 0.05) is 36.6 Å². The van der Waals surface area contributed by atoms with Crippen molar-refractivity contribution in [1.82, 2.24) is 15.3 Å². The molecule has 1 saturated carbocycles. The van der Waals surface area contributed by atoms with Crippen LogP contribution in [0.2, 0.25) is 0 Å². The van der Waals surface area contributed by atoms with Crippen LogP contribution in [0, 0.1) is 12.7 Å². The second kappa shape index (κ2) is 4.88. The first-order valence-corrected chi connectivity index (χ1v) is 7.59. The highest BCUT2D eigenvalue weighted by Gasteiger charge is 2.31. The van der Waals surface area contributed by atoms with Gasteiger partial charge in [0.2, 0.25) is 0 Å². The first-order valence-electron chi connectivity index (χ1n) is 7.59. The van der Waals surface area contributed by atoms with Crippen LogP contribution in [0.3, 0.4) is 0 Å². The minimum absolute atomic E-state index is 0.230. The van der Waals surface area contributed by atoms with Gasteiger partial charge < -0.3 is 5.32 Å². The normalized spacial score (nSPS) is 17.6. The average Bonchev–Trinajstić information content (AvgIpc) is 3.33. The van der Waals surface area contributed by atoms with E-state index in [2.05, 4.69) is 5.32 Å². The topological polar surface area (TPSA) is 37.8 Å². The summed E-state index contributed by atoms with van der Waals surface area (Å²) in [6, 6.07) is 4.84. The van der Waals surface area contributed by atoms with Crippen molar-refractivity contribution in [2.24, 2.45) is 0 Å². The molecule has 1 aliphatic carbocycles. The van der Waals surface area contributed by atoms with Gasteiger partial charge in [-0.15, -0.1) is 0 Å². The van der Waals surface area contributed by atoms with E-state index in [-0.39, 0.29) is 5.82 Å². The minimum atomic E-state index is -0.230. The zero-order chi connectivity index (χ0) is 14.4. The molecule has 0 bridgehead atoms. The number of nitrogens with zero attached hydrogens (tertiary/aromatic N) is 2. The zero-order valence-electron chi connectivity index (χ0n) is 12.1. The molecule has 1 fully saturated rings. The van der Waals surface area contributed by atoms with E-state index < -0.39 is 0 Å². The van der Waals surface area contributed by atoms with Gasteiger partial charge in [-0.3, -0.25) is 0 Å². The minimum Gasteiger partial charge on any atom is -0.312 e. The summed E-state index contributed by atoms with van der Waals surface area (Å²) < 4.78 is 13.6. The Hall–Kier alpha value is -1.81. The maximum atomic E-state index is 13.6. The lowest BCUT2D eigenvalue weighted by Gasteiger charge is -2.20. The van der Waals surface area contributed by atoms with Gasteiger partial charge in [0.1, 0.15) is 5.82 Å². The molecule has 1 aromatic heterocycles. The second-order valence-corrected chi connectivity index (χ2v) is 6.02. The first kappa shape index (κ1) is 12.9. The summed E-state index contributed by atoms with van der Waals surface area (Å²) in [6.07, 6.45) is 3.36. The number of hydrogen-bond acceptors (Lipinski definition) is 3. The van der Waals surface area contributed by atoms with Crippen molar-refractivity contribution in [3.05, 3.63) is 46.5 Å². The Balaban J connectivity index is 1.89. The van der Waals surface area contributed by atoms with Crippen LogP contribution in [0.15, 0.2) is 18.2 Å². The van der Waals surface area contributed by atoms with E-state index >= 15 is 0 Å². The maximum absolute atomic E-state index is 13.6. The lowest BCUT2D eigenvalue weighted by atomic mass is 10.0. The number of nitrogens with one attached hydrogen (secondary N) is 1. The first-order chi connectivity index (χ1) is 10.2. The van der Waals surface area contributed by atoms with Crippen molar-refractivity contribution < 1.29 is 4.39 Å². The van der Waals surface area contributed by atoms with Gasteiger partial charge in [-0.1, -0.05) is 6.07 Å². The van der Waals surface area contributed by atoms with Gasteiger partial charge in [0.25, 0.3) is 0 Å². The van der Waals surface area contributed by atoms with Gasteiger partial charge in [-0.2, -0.15) is 0 Å². The van der Waals surface area contributed by atoms with E-state index in [1.807, 2.05) is 6.92 Å². The van der Waals surface area contributed by atoms with Crippen LogP contribution in [0.1, 0.15) is 41.3 Å². The van der Waals surface area contributed by atoms with Crippen LogP contribution in [-0.4, -0.2) is 16.5 Å². The Kier molecular flexibility index (Phi) is 3.00. The molecule has 1 N–H and O–H groups in total. The molecule has 2 aliphatic rings. The van der Waals surface area contributed by atoms with Crippen molar-refractivity contribution in [1.29, 1.82) is 0 Å². The van der Waals surface area contributed by atoms with Crippen molar-refractivity contribution in [2.45, 2.75) is 38.6 Å². The van der Waals surface area contributed by atoms with Gasteiger partial charge >= 0.3 is 0 Å². The zero-order valence-corrected chi connectivity index (χ0v) is 12.1. The summed E-state index contributed by atoms with van der Waals surface area (Å²) in [7, 11) is 0. The van der Waals surface area contributed by atoms with Gasteiger partial charge in [0.05, 0.1) is 11.4 Å². The molecule has 21 heavy (non-hydrogen) atoms. The largest absolute Gasteiger partial charge is 0.312 e. The van der Waals surface area contributed by atoms with Crippen LogP contribution < -0.4 is 5.32 Å². The molecule has 4 rings (SSSR count). The molecule has 3 nitrogen and oxygen atoms in total. The molecule has 2 aromatic rings. The van der Waals surface area contributed by atoms with Crippen LogP contribution in [0.5, 0.6) is 0 Å². The highest BCUT2D eigenvalue weighted by Crippen LogP contribution is 2.42. The molecule has 1 aliphatic heterocycles. The maximum Gasteiger partial charge on any atom is 0.160 e. The number of halogens is 1. The number of hydrogen-bond donors (Lipinski definition) is 1. The molecule has 0 atom stereocenters. The number of fused-ring (bicyclic) bond motifs is 1. The molecule has 108 valence electrons. The predicted octanol–water partition coefficient (Wildman–Crippen LogP) is 3.11. The third-order valence-corrected chi connectivity index (χ3v) is 4.37. The van der Waals surface area contributed by atoms with Crippen molar-refractivity contribution in [2.75, 3.05) is 6.54 Å². The van der Waals surface area contributed by atoms with Gasteiger partial charge in [-0.25, -0.2) is 14.4 Å². The molecule has 0 amide bonds. The summed E-state index contributed by atoms with van der Waals surface area (Å²) >= 11 is 0. The number of aromatic nitrogens is 2. The van der Waals surface area contributed by atoms with E-state index in [1.54, 1.807) is 12.1 Å². The second-order valence-electron chi connectivity index (χ2n) is 6.02. The number of aryl methyl sites for hydroxylation is 1. The van der Waals surface area contributed by atoms with Crippen molar-refractivity contribution in [3.63, 3.8) is 0 Å². The van der Waals surface area contributed by atoms with Crippen molar-refractivity contribution >= 4 is 0 Å². The monoisotopic (exact) mass is 283 g/mol. The molecule has 4 heteroatoms. The fourth-order valence-electron chi connectivity index (χ4n) is 3.02. The summed E-state index contributed by atoms with van der Waals surface area (Å²) in [6.45, 7) is 3.80. The van der Waals surface area contributed by atoms with Crippen LogP contribution in [-0.2, 0) is 13.0 Å². The third-order valence-electron chi connectivity index (χ3n) is 4.37. The molecular weight excluding hydrogens is 265 g/mol. The van der Waals surface area contributed by atoms with E-state index in [0.717, 1.165) is 36.3 Å². The fraction of sp³-hybridized carbons (Fsp3) is 0.412. The predicted molar refractivity (Wildman–Crippen MR) is 79.5 cm³/mol. The highest BCUT2D eigenvalue weighted by atomic mass is 19.1. The molecule has 0 saturated heterocycles. The van der Waals surface area contributed by atoms with E-state index in [0.29, 0.717) is 11.7 Å². The Morgan fingerprint density at radius 1 is 1.24 bits per heavy atom. The SMILES string of the molecule is Cc1ccc(F)cc1-c1nc2c(c(C3CC3)n1)CNCC2. The van der Waals surface area contributed by atoms with Crippen LogP contribution in [0.25, 0.3) is 11.4 Å². The van der Waals surface area contributed by atoms with Gasteiger partial charge in [0.15, 0.2) is 5.82 Å². The molecule has 2 heterocycles. The Morgan fingerprint density at radius 3 is 2.90 bits per heavy atom. The number of rotatable bonds is 2. The quantitative estimate of drug-likeness (QED) is 0.920. The summed E-state index contributed by atoms with van der Waals surface area (Å²) in [5, 5.41) is 3.40. The van der Waals surface area contributed by atoms with Gasteiger partial charge in [-0.05, 0) is 37.5 Å². The number of benzene rings is 1. The Bertz CT molecular complexity index is 707. The summed E-state index contributed by atoms with van der Waals surface area (Å²) in [5.74, 6) is 1.04. The van der Waals surface area contributed by atoms with E-state index in [1.165, 1.54) is 30.2 Å². The Morgan fingerprint density at radius 2 is 2.10 bits per heavy atom. The summed E-state index contributed by atoms with van der Waals surface area (Å²) in [4.78, 5) is 9.54. The molecule has 0 spiro atoms. The van der Waals surface area contributed by atoms with E-state index in [4.69, 9.17) is 9.97 Å². The molecular formula is C17H18FN3. The lowest BCUT2D eigenvalue weighted by molar-refractivity contribution is 0.616. The lowest BCUT2D eigenvalue weighted by Crippen LogP contribution is -2.26. The standard InChI is InChI=1S/C17H18FN3/c1-10-2-5-12(18)8-13(10)17-20-15-6-7-19-9-14(15)16(21-17)11-3-4-11/h2,5,8,11,19H,3-4,6-7,9H2,1H3. The fourth-order valence-corrected chi connectivity index (χ4v) is 3.02. The molecule has 1 aromatic carbocycles.